The number of amides is 1. The number of nitrogens with one attached hydrogen (secondary N) is 2. The lowest BCUT2D eigenvalue weighted by Crippen LogP contribution is -2.41. The van der Waals surface area contributed by atoms with E-state index in [1.807, 2.05) is 45.9 Å². The van der Waals surface area contributed by atoms with Crippen molar-refractivity contribution in [3.8, 4) is 0 Å². The van der Waals surface area contributed by atoms with Crippen molar-refractivity contribution in [3.63, 3.8) is 0 Å². The van der Waals surface area contributed by atoms with Crippen molar-refractivity contribution in [2.75, 3.05) is 6.54 Å². The van der Waals surface area contributed by atoms with Gasteiger partial charge in [0.25, 0.3) is 0 Å². The highest BCUT2D eigenvalue weighted by Gasteiger charge is 2.16. The van der Waals surface area contributed by atoms with Crippen LogP contribution in [0.2, 0.25) is 0 Å². The van der Waals surface area contributed by atoms with E-state index in [2.05, 4.69) is 15.6 Å². The number of pyridine rings is 1. The van der Waals surface area contributed by atoms with Gasteiger partial charge in [-0.25, -0.2) is 4.79 Å². The SMILES string of the molecule is CC(CNC(=O)OC(C)(C)C)NCc1ccccn1. The molecular formula is C14H23N3O2. The van der Waals surface area contributed by atoms with Gasteiger partial charge in [-0.1, -0.05) is 6.07 Å². The second-order valence-electron chi connectivity index (χ2n) is 5.49. The molecule has 0 aromatic carbocycles. The number of aromatic nitrogens is 1. The first-order chi connectivity index (χ1) is 8.87. The van der Waals surface area contributed by atoms with Crippen LogP contribution in [0.3, 0.4) is 0 Å². The van der Waals surface area contributed by atoms with Gasteiger partial charge >= 0.3 is 6.09 Å². The largest absolute Gasteiger partial charge is 0.444 e. The lowest BCUT2D eigenvalue weighted by Gasteiger charge is -2.21. The van der Waals surface area contributed by atoms with E-state index in [0.29, 0.717) is 13.1 Å². The number of hydrogen-bond donors (Lipinski definition) is 2. The number of nitrogens with zero attached hydrogens (tertiary/aromatic N) is 1. The molecule has 106 valence electrons. The first kappa shape index (κ1) is 15.4. The summed E-state index contributed by atoms with van der Waals surface area (Å²) in [5, 5.41) is 6.02. The Morgan fingerprint density at radius 3 is 2.74 bits per heavy atom. The Hall–Kier alpha value is -1.62. The van der Waals surface area contributed by atoms with Gasteiger partial charge in [0, 0.05) is 25.3 Å². The van der Waals surface area contributed by atoms with Crippen molar-refractivity contribution < 1.29 is 9.53 Å². The van der Waals surface area contributed by atoms with Crippen LogP contribution >= 0.6 is 0 Å². The Balaban J connectivity index is 2.21. The lowest BCUT2D eigenvalue weighted by atomic mass is 10.2. The van der Waals surface area contributed by atoms with Gasteiger partial charge in [0.15, 0.2) is 0 Å². The Morgan fingerprint density at radius 2 is 2.16 bits per heavy atom. The van der Waals surface area contributed by atoms with Crippen LogP contribution in [0.15, 0.2) is 24.4 Å². The van der Waals surface area contributed by atoms with E-state index >= 15 is 0 Å². The first-order valence-electron chi connectivity index (χ1n) is 6.47. The molecule has 0 spiro atoms. The van der Waals surface area contributed by atoms with Crippen molar-refractivity contribution in [2.45, 2.75) is 45.9 Å². The topological polar surface area (TPSA) is 63.2 Å². The molecule has 1 unspecified atom stereocenters. The monoisotopic (exact) mass is 265 g/mol. The normalized spacial score (nSPS) is 12.8. The first-order valence-corrected chi connectivity index (χ1v) is 6.47. The van der Waals surface area contributed by atoms with Crippen LogP contribution in [0.1, 0.15) is 33.4 Å². The van der Waals surface area contributed by atoms with E-state index in [9.17, 15) is 4.79 Å². The third kappa shape index (κ3) is 7.41. The molecule has 0 saturated heterocycles. The van der Waals surface area contributed by atoms with Crippen LogP contribution in [0.25, 0.3) is 0 Å². The molecule has 1 aromatic heterocycles. The van der Waals surface area contributed by atoms with Crippen molar-refractivity contribution in [2.24, 2.45) is 0 Å². The van der Waals surface area contributed by atoms with Gasteiger partial charge in [-0.2, -0.15) is 0 Å². The Morgan fingerprint density at radius 1 is 1.42 bits per heavy atom. The molecule has 0 aliphatic heterocycles. The van der Waals surface area contributed by atoms with Crippen LogP contribution in [0.4, 0.5) is 4.79 Å². The van der Waals surface area contributed by atoms with Crippen molar-refractivity contribution in [3.05, 3.63) is 30.1 Å². The minimum absolute atomic E-state index is 0.148. The van der Waals surface area contributed by atoms with E-state index < -0.39 is 5.60 Å². The average molecular weight is 265 g/mol. The average Bonchev–Trinajstić information content (AvgIpc) is 2.33. The highest BCUT2D eigenvalue weighted by molar-refractivity contribution is 5.67. The molecule has 0 aliphatic carbocycles. The summed E-state index contributed by atoms with van der Waals surface area (Å²) < 4.78 is 5.16. The summed E-state index contributed by atoms with van der Waals surface area (Å²) in [6.07, 6.45) is 1.37. The molecule has 1 heterocycles. The Labute approximate surface area is 114 Å². The molecule has 1 rings (SSSR count). The van der Waals surface area contributed by atoms with Crippen LogP contribution in [-0.2, 0) is 11.3 Å². The number of alkyl carbamates (subject to hydrolysis) is 1. The maximum atomic E-state index is 11.5. The van der Waals surface area contributed by atoms with Gasteiger partial charge in [0.05, 0.1) is 5.69 Å². The predicted molar refractivity (Wildman–Crippen MR) is 74.8 cm³/mol. The molecule has 5 heteroatoms. The van der Waals surface area contributed by atoms with Gasteiger partial charge in [0.2, 0.25) is 0 Å². The molecule has 0 radical (unpaired) electrons. The Kier molecular flexibility index (Phi) is 5.76. The number of rotatable bonds is 5. The Bertz CT molecular complexity index is 387. The molecule has 19 heavy (non-hydrogen) atoms. The summed E-state index contributed by atoms with van der Waals surface area (Å²) in [7, 11) is 0. The summed E-state index contributed by atoms with van der Waals surface area (Å²) in [5.74, 6) is 0. The molecule has 0 fully saturated rings. The summed E-state index contributed by atoms with van der Waals surface area (Å²) in [6.45, 7) is 8.72. The molecule has 1 aromatic rings. The van der Waals surface area contributed by atoms with Crippen molar-refractivity contribution in [1.29, 1.82) is 0 Å². The fourth-order valence-corrected chi connectivity index (χ4v) is 1.40. The zero-order valence-electron chi connectivity index (χ0n) is 12.1. The fourth-order valence-electron chi connectivity index (χ4n) is 1.40. The summed E-state index contributed by atoms with van der Waals surface area (Å²) in [4.78, 5) is 15.7. The van der Waals surface area contributed by atoms with Gasteiger partial charge < -0.3 is 15.4 Å². The smallest absolute Gasteiger partial charge is 0.407 e. The van der Waals surface area contributed by atoms with Crippen LogP contribution in [-0.4, -0.2) is 29.3 Å². The number of hydrogen-bond acceptors (Lipinski definition) is 4. The number of carbonyl (C=O) groups is 1. The summed E-state index contributed by atoms with van der Waals surface area (Å²) in [5.41, 5.74) is 0.515. The van der Waals surface area contributed by atoms with E-state index in [-0.39, 0.29) is 12.1 Å². The second kappa shape index (κ2) is 7.09. The van der Waals surface area contributed by atoms with E-state index in [1.165, 1.54) is 0 Å². The number of carbonyl (C=O) groups excluding carboxylic acids is 1. The lowest BCUT2D eigenvalue weighted by molar-refractivity contribution is 0.0523. The second-order valence-corrected chi connectivity index (χ2v) is 5.49. The fraction of sp³-hybridized carbons (Fsp3) is 0.571. The number of ether oxygens (including phenoxy) is 1. The predicted octanol–water partition coefficient (Wildman–Crippen LogP) is 2.08. The minimum atomic E-state index is -0.464. The molecule has 0 bridgehead atoms. The zero-order chi connectivity index (χ0) is 14.3. The van der Waals surface area contributed by atoms with Crippen LogP contribution in [0.5, 0.6) is 0 Å². The van der Waals surface area contributed by atoms with E-state index in [0.717, 1.165) is 5.69 Å². The van der Waals surface area contributed by atoms with Crippen LogP contribution in [0, 0.1) is 0 Å². The van der Waals surface area contributed by atoms with Gasteiger partial charge in [-0.3, -0.25) is 4.98 Å². The van der Waals surface area contributed by atoms with E-state index in [4.69, 9.17) is 4.74 Å². The van der Waals surface area contributed by atoms with Gasteiger partial charge in [-0.05, 0) is 39.8 Å². The van der Waals surface area contributed by atoms with Gasteiger partial charge in [-0.15, -0.1) is 0 Å². The molecular weight excluding hydrogens is 242 g/mol. The minimum Gasteiger partial charge on any atom is -0.444 e. The highest BCUT2D eigenvalue weighted by atomic mass is 16.6. The maximum absolute atomic E-state index is 11.5. The zero-order valence-corrected chi connectivity index (χ0v) is 12.1. The van der Waals surface area contributed by atoms with Crippen LogP contribution < -0.4 is 10.6 Å². The molecule has 5 nitrogen and oxygen atoms in total. The molecule has 1 atom stereocenters. The maximum Gasteiger partial charge on any atom is 0.407 e. The summed E-state index contributed by atoms with van der Waals surface area (Å²) in [6, 6.07) is 5.94. The quantitative estimate of drug-likeness (QED) is 0.855. The molecule has 1 amide bonds. The standard InChI is InChI=1S/C14H23N3O2/c1-11(9-17-13(18)19-14(2,3)4)16-10-12-7-5-6-8-15-12/h5-8,11,16H,9-10H2,1-4H3,(H,17,18). The third-order valence-electron chi connectivity index (χ3n) is 2.31. The molecule has 0 aliphatic rings. The molecule has 2 N–H and O–H groups in total. The summed E-state index contributed by atoms with van der Waals surface area (Å²) >= 11 is 0. The third-order valence-corrected chi connectivity index (χ3v) is 2.31. The van der Waals surface area contributed by atoms with Crippen molar-refractivity contribution in [1.82, 2.24) is 15.6 Å². The van der Waals surface area contributed by atoms with Gasteiger partial charge in [0.1, 0.15) is 5.60 Å². The van der Waals surface area contributed by atoms with E-state index in [1.54, 1.807) is 6.20 Å². The van der Waals surface area contributed by atoms with Crippen molar-refractivity contribution >= 4 is 6.09 Å². The molecule has 0 saturated carbocycles. The highest BCUT2D eigenvalue weighted by Crippen LogP contribution is 2.06.